The summed E-state index contributed by atoms with van der Waals surface area (Å²) in [6.45, 7) is 12.3. The van der Waals surface area contributed by atoms with Crippen molar-refractivity contribution in [2.24, 2.45) is 5.92 Å². The summed E-state index contributed by atoms with van der Waals surface area (Å²) in [6.07, 6.45) is 3.74. The third-order valence-electron chi connectivity index (χ3n) is 5.27. The molecule has 0 radical (unpaired) electrons. The smallest absolute Gasteiger partial charge is 0.254 e. The van der Waals surface area contributed by atoms with Crippen LogP contribution in [-0.4, -0.2) is 26.9 Å². The predicted octanol–water partition coefficient (Wildman–Crippen LogP) is 5.29. The van der Waals surface area contributed by atoms with Gasteiger partial charge in [0.25, 0.3) is 5.91 Å². The molecule has 1 amide bonds. The van der Waals surface area contributed by atoms with Gasteiger partial charge in [-0.05, 0) is 67.6 Å². The quantitative estimate of drug-likeness (QED) is 0.533. The predicted molar refractivity (Wildman–Crippen MR) is 118 cm³/mol. The van der Waals surface area contributed by atoms with Gasteiger partial charge in [-0.3, -0.25) is 4.79 Å². The van der Waals surface area contributed by atoms with E-state index < -0.39 is 0 Å². The number of carbonyl (C=O) groups excluding carboxylic acids is 1. The SMILES string of the molecule is Cc1cc(C)c(Cn2ccnc2CN(CC(C)C)C(=O)c2ccc(F)cc2)c(C)c1. The molecule has 0 aliphatic rings. The first-order valence-electron chi connectivity index (χ1n) is 10.4. The van der Waals surface area contributed by atoms with Gasteiger partial charge in [0.2, 0.25) is 0 Å². The Bertz CT molecular complexity index is 998. The molecule has 0 saturated heterocycles. The minimum Gasteiger partial charge on any atom is -0.331 e. The third-order valence-corrected chi connectivity index (χ3v) is 5.27. The van der Waals surface area contributed by atoms with Crippen LogP contribution in [0, 0.1) is 32.5 Å². The second-order valence-corrected chi connectivity index (χ2v) is 8.44. The van der Waals surface area contributed by atoms with Gasteiger partial charge in [-0.15, -0.1) is 0 Å². The molecular formula is C25H30FN3O. The standard InChI is InChI=1S/C25H30FN3O/c1-17(2)14-29(25(30)21-6-8-22(26)9-7-21)16-24-27-10-11-28(24)15-23-19(4)12-18(3)13-20(23)5/h6-13,17H,14-16H2,1-5H3. The molecule has 2 aromatic carbocycles. The molecule has 0 aliphatic heterocycles. The van der Waals surface area contributed by atoms with Crippen molar-refractivity contribution in [1.82, 2.24) is 14.5 Å². The Kier molecular flexibility index (Phi) is 6.70. The summed E-state index contributed by atoms with van der Waals surface area (Å²) in [5.74, 6) is 0.687. The van der Waals surface area contributed by atoms with Gasteiger partial charge in [-0.25, -0.2) is 9.37 Å². The Morgan fingerprint density at radius 2 is 1.73 bits per heavy atom. The van der Waals surface area contributed by atoms with Crippen molar-refractivity contribution in [1.29, 1.82) is 0 Å². The molecule has 0 fully saturated rings. The van der Waals surface area contributed by atoms with E-state index in [0.29, 0.717) is 31.1 Å². The Balaban J connectivity index is 1.85. The van der Waals surface area contributed by atoms with Crippen molar-refractivity contribution < 1.29 is 9.18 Å². The molecule has 30 heavy (non-hydrogen) atoms. The number of benzene rings is 2. The average molecular weight is 408 g/mol. The first kappa shape index (κ1) is 21.8. The molecule has 0 spiro atoms. The van der Waals surface area contributed by atoms with Crippen molar-refractivity contribution in [3.05, 3.63) is 88.3 Å². The number of hydrogen-bond acceptors (Lipinski definition) is 2. The summed E-state index contributed by atoms with van der Waals surface area (Å²) >= 11 is 0. The van der Waals surface area contributed by atoms with Crippen LogP contribution in [0.4, 0.5) is 4.39 Å². The monoisotopic (exact) mass is 407 g/mol. The van der Waals surface area contributed by atoms with Crippen LogP contribution in [0.2, 0.25) is 0 Å². The van der Waals surface area contributed by atoms with Crippen LogP contribution in [0.5, 0.6) is 0 Å². The number of carbonyl (C=O) groups is 1. The zero-order chi connectivity index (χ0) is 21.8. The number of aromatic nitrogens is 2. The van der Waals surface area contributed by atoms with E-state index in [2.05, 4.69) is 56.3 Å². The highest BCUT2D eigenvalue weighted by molar-refractivity contribution is 5.94. The lowest BCUT2D eigenvalue weighted by atomic mass is 10.00. The van der Waals surface area contributed by atoms with Crippen molar-refractivity contribution in [2.75, 3.05) is 6.54 Å². The van der Waals surface area contributed by atoms with Gasteiger partial charge in [0.1, 0.15) is 11.6 Å². The minimum absolute atomic E-state index is 0.110. The van der Waals surface area contributed by atoms with E-state index >= 15 is 0 Å². The highest BCUT2D eigenvalue weighted by Gasteiger charge is 2.20. The summed E-state index contributed by atoms with van der Waals surface area (Å²) in [5, 5.41) is 0. The molecule has 3 aromatic rings. The zero-order valence-corrected chi connectivity index (χ0v) is 18.4. The number of halogens is 1. The first-order chi connectivity index (χ1) is 14.2. The van der Waals surface area contributed by atoms with E-state index in [9.17, 15) is 9.18 Å². The highest BCUT2D eigenvalue weighted by Crippen LogP contribution is 2.19. The van der Waals surface area contributed by atoms with Gasteiger partial charge in [0.05, 0.1) is 6.54 Å². The second-order valence-electron chi connectivity index (χ2n) is 8.44. The molecule has 0 aliphatic carbocycles. The van der Waals surface area contributed by atoms with Crippen LogP contribution < -0.4 is 0 Å². The van der Waals surface area contributed by atoms with E-state index in [1.165, 1.54) is 46.5 Å². The second kappa shape index (κ2) is 9.24. The van der Waals surface area contributed by atoms with E-state index in [1.807, 2.05) is 6.20 Å². The summed E-state index contributed by atoms with van der Waals surface area (Å²) in [5.41, 5.74) is 5.54. The van der Waals surface area contributed by atoms with E-state index in [1.54, 1.807) is 11.1 Å². The molecule has 1 heterocycles. The zero-order valence-electron chi connectivity index (χ0n) is 18.4. The van der Waals surface area contributed by atoms with Gasteiger partial charge in [-0.1, -0.05) is 31.5 Å². The lowest BCUT2D eigenvalue weighted by Crippen LogP contribution is -2.34. The first-order valence-corrected chi connectivity index (χ1v) is 10.4. The highest BCUT2D eigenvalue weighted by atomic mass is 19.1. The minimum atomic E-state index is -0.346. The maximum absolute atomic E-state index is 13.3. The lowest BCUT2D eigenvalue weighted by molar-refractivity contribution is 0.0716. The maximum atomic E-state index is 13.3. The molecular weight excluding hydrogens is 377 g/mol. The van der Waals surface area contributed by atoms with Gasteiger partial charge < -0.3 is 9.47 Å². The molecule has 0 N–H and O–H groups in total. The van der Waals surface area contributed by atoms with Crippen molar-refractivity contribution in [3.63, 3.8) is 0 Å². The maximum Gasteiger partial charge on any atom is 0.254 e. The molecule has 0 unspecified atom stereocenters. The number of hydrogen-bond donors (Lipinski definition) is 0. The van der Waals surface area contributed by atoms with Crippen molar-refractivity contribution >= 4 is 5.91 Å². The fourth-order valence-electron chi connectivity index (χ4n) is 3.87. The van der Waals surface area contributed by atoms with Crippen LogP contribution in [0.3, 0.4) is 0 Å². The average Bonchev–Trinajstić information content (AvgIpc) is 3.10. The topological polar surface area (TPSA) is 38.1 Å². The fourth-order valence-corrected chi connectivity index (χ4v) is 3.87. The molecule has 4 nitrogen and oxygen atoms in total. The molecule has 158 valence electrons. The molecule has 5 heteroatoms. The van der Waals surface area contributed by atoms with Gasteiger partial charge in [0, 0.05) is 31.0 Å². The number of imidazole rings is 1. The van der Waals surface area contributed by atoms with Crippen molar-refractivity contribution in [3.8, 4) is 0 Å². The molecule has 1 aromatic heterocycles. The third kappa shape index (κ3) is 5.15. The lowest BCUT2D eigenvalue weighted by Gasteiger charge is -2.25. The Morgan fingerprint density at radius 1 is 1.10 bits per heavy atom. The summed E-state index contributed by atoms with van der Waals surface area (Å²) in [6, 6.07) is 10.1. The summed E-state index contributed by atoms with van der Waals surface area (Å²) in [4.78, 5) is 19.4. The Hall–Kier alpha value is -2.95. The normalized spacial score (nSPS) is 11.2. The van der Waals surface area contributed by atoms with Gasteiger partial charge in [-0.2, -0.15) is 0 Å². The van der Waals surface area contributed by atoms with Crippen LogP contribution in [0.15, 0.2) is 48.8 Å². The van der Waals surface area contributed by atoms with E-state index in [4.69, 9.17) is 0 Å². The number of aryl methyl sites for hydroxylation is 3. The van der Waals surface area contributed by atoms with E-state index in [0.717, 1.165) is 5.82 Å². The molecule has 0 saturated carbocycles. The van der Waals surface area contributed by atoms with Gasteiger partial charge >= 0.3 is 0 Å². The summed E-state index contributed by atoms with van der Waals surface area (Å²) < 4.78 is 15.4. The van der Waals surface area contributed by atoms with E-state index in [-0.39, 0.29) is 11.7 Å². The largest absolute Gasteiger partial charge is 0.331 e. The van der Waals surface area contributed by atoms with Crippen LogP contribution in [0.1, 0.15) is 52.3 Å². The van der Waals surface area contributed by atoms with Crippen LogP contribution >= 0.6 is 0 Å². The van der Waals surface area contributed by atoms with Crippen LogP contribution in [-0.2, 0) is 13.1 Å². The number of nitrogens with zero attached hydrogens (tertiary/aromatic N) is 3. The number of rotatable bonds is 7. The van der Waals surface area contributed by atoms with Gasteiger partial charge in [0.15, 0.2) is 0 Å². The van der Waals surface area contributed by atoms with Crippen molar-refractivity contribution in [2.45, 2.75) is 47.7 Å². The Morgan fingerprint density at radius 3 is 2.33 bits per heavy atom. The molecule has 0 bridgehead atoms. The van der Waals surface area contributed by atoms with Crippen LogP contribution in [0.25, 0.3) is 0 Å². The molecule has 0 atom stereocenters. The fraction of sp³-hybridized carbons (Fsp3) is 0.360. The number of amides is 1. The summed E-state index contributed by atoms with van der Waals surface area (Å²) in [7, 11) is 0. The molecule has 3 rings (SSSR count). The Labute approximate surface area is 178 Å².